The summed E-state index contributed by atoms with van der Waals surface area (Å²) in [5.74, 6) is -1.14. The highest BCUT2D eigenvalue weighted by molar-refractivity contribution is 7.09. The fourth-order valence-electron chi connectivity index (χ4n) is 2.47. The standard InChI is InChI=1S/C17H18N4O2S/c1-2-21(9-6-15-19-8-10-24-15)17(23)16(22)20-13-3-4-14-12(11-13)5-7-18-14/h3-5,7-8,10-11,18H,2,6,9H2,1H3,(H,20,22). The molecule has 6 nitrogen and oxygen atoms in total. The molecule has 0 radical (unpaired) electrons. The molecule has 2 heterocycles. The lowest BCUT2D eigenvalue weighted by molar-refractivity contribution is -0.143. The van der Waals surface area contributed by atoms with E-state index in [-0.39, 0.29) is 0 Å². The van der Waals surface area contributed by atoms with E-state index in [1.807, 2.05) is 36.7 Å². The van der Waals surface area contributed by atoms with Crippen molar-refractivity contribution < 1.29 is 9.59 Å². The van der Waals surface area contributed by atoms with Gasteiger partial charge in [-0.1, -0.05) is 0 Å². The summed E-state index contributed by atoms with van der Waals surface area (Å²) < 4.78 is 0. The van der Waals surface area contributed by atoms with Gasteiger partial charge in [-0.05, 0) is 31.2 Å². The Bertz CT molecular complexity index is 841. The molecule has 2 aromatic heterocycles. The normalized spacial score (nSPS) is 10.7. The van der Waals surface area contributed by atoms with Gasteiger partial charge in [0.05, 0.1) is 5.01 Å². The van der Waals surface area contributed by atoms with Crippen LogP contribution < -0.4 is 5.32 Å². The summed E-state index contributed by atoms with van der Waals surface area (Å²) in [6.07, 6.45) is 4.22. The van der Waals surface area contributed by atoms with Gasteiger partial charge in [-0.2, -0.15) is 0 Å². The third-order valence-electron chi connectivity index (χ3n) is 3.75. The molecule has 24 heavy (non-hydrogen) atoms. The van der Waals surface area contributed by atoms with Crippen molar-refractivity contribution >= 4 is 39.7 Å². The number of amides is 2. The first kappa shape index (κ1) is 16.2. The van der Waals surface area contributed by atoms with Crippen LogP contribution in [0.15, 0.2) is 42.0 Å². The maximum absolute atomic E-state index is 12.3. The third-order valence-corrected chi connectivity index (χ3v) is 4.59. The van der Waals surface area contributed by atoms with E-state index in [1.54, 1.807) is 23.6 Å². The van der Waals surface area contributed by atoms with Crippen molar-refractivity contribution in [2.45, 2.75) is 13.3 Å². The molecule has 0 saturated carbocycles. The van der Waals surface area contributed by atoms with E-state index in [4.69, 9.17) is 0 Å². The van der Waals surface area contributed by atoms with Crippen molar-refractivity contribution in [3.63, 3.8) is 0 Å². The van der Waals surface area contributed by atoms with Crippen molar-refractivity contribution in [1.29, 1.82) is 0 Å². The van der Waals surface area contributed by atoms with Crippen LogP contribution in [-0.2, 0) is 16.0 Å². The SMILES string of the molecule is CCN(CCc1nccs1)C(=O)C(=O)Nc1ccc2[nH]ccc2c1. The van der Waals surface area contributed by atoms with Gasteiger partial charge in [0.15, 0.2) is 0 Å². The average Bonchev–Trinajstić information content (AvgIpc) is 3.26. The highest BCUT2D eigenvalue weighted by Gasteiger charge is 2.20. The minimum Gasteiger partial charge on any atom is -0.361 e. The number of aromatic nitrogens is 2. The fourth-order valence-corrected chi connectivity index (χ4v) is 3.08. The molecule has 0 aliphatic carbocycles. The second kappa shape index (κ2) is 7.27. The van der Waals surface area contributed by atoms with Gasteiger partial charge in [0.2, 0.25) is 0 Å². The summed E-state index contributed by atoms with van der Waals surface area (Å²) in [5, 5.41) is 6.52. The van der Waals surface area contributed by atoms with Gasteiger partial charge in [0.1, 0.15) is 0 Å². The molecule has 3 rings (SSSR count). The van der Waals surface area contributed by atoms with Crippen LogP contribution in [-0.4, -0.2) is 39.8 Å². The fraction of sp³-hybridized carbons (Fsp3) is 0.235. The number of fused-ring (bicyclic) bond motifs is 1. The van der Waals surface area contributed by atoms with Crippen LogP contribution in [0, 0.1) is 0 Å². The predicted octanol–water partition coefficient (Wildman–Crippen LogP) is 2.65. The molecule has 0 aliphatic rings. The number of hydrogen-bond acceptors (Lipinski definition) is 4. The van der Waals surface area contributed by atoms with E-state index in [0.29, 0.717) is 25.2 Å². The van der Waals surface area contributed by atoms with E-state index in [0.717, 1.165) is 15.9 Å². The number of hydrogen-bond donors (Lipinski definition) is 2. The molecule has 0 fully saturated rings. The van der Waals surface area contributed by atoms with Crippen LogP contribution in [0.2, 0.25) is 0 Å². The Morgan fingerprint density at radius 1 is 1.33 bits per heavy atom. The first-order valence-electron chi connectivity index (χ1n) is 7.73. The summed E-state index contributed by atoms with van der Waals surface area (Å²) in [6.45, 7) is 2.82. The van der Waals surface area contributed by atoms with Gasteiger partial charge in [-0.25, -0.2) is 4.98 Å². The zero-order chi connectivity index (χ0) is 16.9. The van der Waals surface area contributed by atoms with E-state index >= 15 is 0 Å². The Balaban J connectivity index is 1.62. The topological polar surface area (TPSA) is 78.1 Å². The van der Waals surface area contributed by atoms with Gasteiger partial charge >= 0.3 is 11.8 Å². The smallest absolute Gasteiger partial charge is 0.313 e. The van der Waals surface area contributed by atoms with Gasteiger partial charge in [-0.15, -0.1) is 11.3 Å². The van der Waals surface area contributed by atoms with Gasteiger partial charge in [0, 0.05) is 53.9 Å². The monoisotopic (exact) mass is 342 g/mol. The number of thiazole rings is 1. The largest absolute Gasteiger partial charge is 0.361 e. The summed E-state index contributed by atoms with van der Waals surface area (Å²) in [7, 11) is 0. The minimum atomic E-state index is -0.620. The van der Waals surface area contributed by atoms with Crippen LogP contribution in [0.3, 0.4) is 0 Å². The number of likely N-dealkylation sites (N-methyl/N-ethyl adjacent to an activating group) is 1. The number of carbonyl (C=O) groups is 2. The summed E-state index contributed by atoms with van der Waals surface area (Å²) in [6, 6.07) is 7.40. The molecular weight excluding hydrogens is 324 g/mol. The van der Waals surface area contributed by atoms with Gasteiger partial charge < -0.3 is 15.2 Å². The molecule has 2 amide bonds. The van der Waals surface area contributed by atoms with Crippen molar-refractivity contribution in [2.24, 2.45) is 0 Å². The first-order valence-corrected chi connectivity index (χ1v) is 8.61. The number of carbonyl (C=O) groups excluding carboxylic acids is 2. The number of nitrogens with one attached hydrogen (secondary N) is 2. The summed E-state index contributed by atoms with van der Waals surface area (Å²) in [4.78, 5) is 33.4. The number of H-pyrrole nitrogens is 1. The number of benzene rings is 1. The lowest BCUT2D eigenvalue weighted by Gasteiger charge is -2.19. The Morgan fingerprint density at radius 2 is 2.21 bits per heavy atom. The van der Waals surface area contributed by atoms with Crippen LogP contribution in [0.5, 0.6) is 0 Å². The van der Waals surface area contributed by atoms with E-state index in [2.05, 4.69) is 15.3 Å². The molecular formula is C17H18N4O2S. The molecule has 0 saturated heterocycles. The number of rotatable bonds is 5. The Hall–Kier alpha value is -2.67. The molecule has 2 N–H and O–H groups in total. The molecule has 0 unspecified atom stereocenters. The average molecular weight is 342 g/mol. The lowest BCUT2D eigenvalue weighted by Crippen LogP contribution is -2.40. The van der Waals surface area contributed by atoms with Crippen molar-refractivity contribution in [1.82, 2.24) is 14.9 Å². The molecule has 124 valence electrons. The lowest BCUT2D eigenvalue weighted by atomic mass is 10.2. The molecule has 1 aromatic carbocycles. The van der Waals surface area contributed by atoms with Gasteiger partial charge in [-0.3, -0.25) is 9.59 Å². The molecule has 0 aliphatic heterocycles. The number of aromatic amines is 1. The maximum Gasteiger partial charge on any atom is 0.313 e. The molecule has 3 aromatic rings. The number of nitrogens with zero attached hydrogens (tertiary/aromatic N) is 2. The second-order valence-corrected chi connectivity index (χ2v) is 6.27. The van der Waals surface area contributed by atoms with Crippen molar-refractivity contribution in [2.75, 3.05) is 18.4 Å². The van der Waals surface area contributed by atoms with Gasteiger partial charge in [0.25, 0.3) is 0 Å². The molecule has 0 spiro atoms. The highest BCUT2D eigenvalue weighted by atomic mass is 32.1. The molecule has 7 heteroatoms. The van der Waals surface area contributed by atoms with E-state index in [1.165, 1.54) is 4.90 Å². The molecule has 0 atom stereocenters. The maximum atomic E-state index is 12.3. The van der Waals surface area contributed by atoms with Crippen LogP contribution in [0.25, 0.3) is 10.9 Å². The predicted molar refractivity (Wildman–Crippen MR) is 95.0 cm³/mol. The second-order valence-electron chi connectivity index (χ2n) is 5.29. The Labute approximate surface area is 143 Å². The van der Waals surface area contributed by atoms with Crippen LogP contribution in [0.4, 0.5) is 5.69 Å². The number of anilines is 1. The van der Waals surface area contributed by atoms with E-state index < -0.39 is 11.8 Å². The van der Waals surface area contributed by atoms with Crippen molar-refractivity contribution in [3.05, 3.63) is 47.0 Å². The zero-order valence-corrected chi connectivity index (χ0v) is 14.1. The van der Waals surface area contributed by atoms with Crippen LogP contribution in [0.1, 0.15) is 11.9 Å². The first-order chi connectivity index (χ1) is 11.7. The third kappa shape index (κ3) is 3.62. The van der Waals surface area contributed by atoms with E-state index in [9.17, 15) is 9.59 Å². The quantitative estimate of drug-likeness (QED) is 0.700. The zero-order valence-electron chi connectivity index (χ0n) is 13.3. The Morgan fingerprint density at radius 3 is 2.96 bits per heavy atom. The summed E-state index contributed by atoms with van der Waals surface area (Å²) in [5.41, 5.74) is 1.59. The molecule has 0 bridgehead atoms. The highest BCUT2D eigenvalue weighted by Crippen LogP contribution is 2.17. The summed E-state index contributed by atoms with van der Waals surface area (Å²) >= 11 is 1.55. The van der Waals surface area contributed by atoms with Crippen molar-refractivity contribution in [3.8, 4) is 0 Å². The minimum absolute atomic E-state index is 0.479. The van der Waals surface area contributed by atoms with Crippen LogP contribution >= 0.6 is 11.3 Å². The Kier molecular flexibility index (Phi) is 4.90.